The fourth-order valence-electron chi connectivity index (χ4n) is 3.11. The molecule has 1 aliphatic heterocycles. The maximum absolute atomic E-state index is 12.8. The molecule has 1 fully saturated rings. The van der Waals surface area contributed by atoms with E-state index >= 15 is 0 Å². The molecule has 2 rings (SSSR count). The van der Waals surface area contributed by atoms with Gasteiger partial charge < -0.3 is 20.0 Å². The Labute approximate surface area is 144 Å². The first kappa shape index (κ1) is 18.4. The normalized spacial score (nSPS) is 19.2. The SMILES string of the molecule is CCc1ccc(C(NC(=O)N2CCCC2C(=O)NC)C(C)(C)C)o1. The predicted octanol–water partition coefficient (Wildman–Crippen LogP) is 2.85. The van der Waals surface area contributed by atoms with Crippen LogP contribution in [-0.4, -0.2) is 36.5 Å². The summed E-state index contributed by atoms with van der Waals surface area (Å²) in [7, 11) is 1.60. The van der Waals surface area contributed by atoms with Gasteiger partial charge in [0.1, 0.15) is 17.6 Å². The van der Waals surface area contributed by atoms with Gasteiger partial charge in [-0.05, 0) is 30.4 Å². The molecule has 6 nitrogen and oxygen atoms in total. The highest BCUT2D eigenvalue weighted by Crippen LogP contribution is 2.34. The molecule has 1 aliphatic rings. The van der Waals surface area contributed by atoms with Crippen molar-refractivity contribution in [2.75, 3.05) is 13.6 Å². The van der Waals surface area contributed by atoms with Crippen LogP contribution < -0.4 is 10.6 Å². The molecule has 2 heterocycles. The van der Waals surface area contributed by atoms with Gasteiger partial charge in [0.2, 0.25) is 5.91 Å². The summed E-state index contributed by atoms with van der Waals surface area (Å²) in [5, 5.41) is 5.71. The number of furan rings is 1. The number of nitrogens with one attached hydrogen (secondary N) is 2. The number of nitrogens with zero attached hydrogens (tertiary/aromatic N) is 1. The average Bonchev–Trinajstić information content (AvgIpc) is 3.19. The van der Waals surface area contributed by atoms with E-state index < -0.39 is 6.04 Å². The lowest BCUT2D eigenvalue weighted by atomic mass is 9.85. The monoisotopic (exact) mass is 335 g/mol. The second kappa shape index (κ2) is 7.28. The number of likely N-dealkylation sites (tertiary alicyclic amines) is 1. The van der Waals surface area contributed by atoms with Crippen molar-refractivity contribution in [3.05, 3.63) is 23.7 Å². The van der Waals surface area contributed by atoms with Gasteiger partial charge in [0.15, 0.2) is 0 Å². The Kier molecular flexibility index (Phi) is 5.57. The topological polar surface area (TPSA) is 74.6 Å². The molecule has 1 aromatic heterocycles. The summed E-state index contributed by atoms with van der Waals surface area (Å²) in [6.45, 7) is 8.82. The summed E-state index contributed by atoms with van der Waals surface area (Å²) in [6.07, 6.45) is 2.36. The molecule has 2 atom stereocenters. The summed E-state index contributed by atoms with van der Waals surface area (Å²) in [4.78, 5) is 26.4. The molecular formula is C18H29N3O3. The first-order valence-electron chi connectivity index (χ1n) is 8.65. The minimum atomic E-state index is -0.390. The van der Waals surface area contributed by atoms with Gasteiger partial charge in [-0.1, -0.05) is 27.7 Å². The number of aryl methyl sites for hydroxylation is 1. The third-order valence-corrected chi connectivity index (χ3v) is 4.51. The highest BCUT2D eigenvalue weighted by Gasteiger charge is 2.37. The number of amides is 3. The van der Waals surface area contributed by atoms with Gasteiger partial charge in [-0.3, -0.25) is 4.79 Å². The fraction of sp³-hybridized carbons (Fsp3) is 0.667. The summed E-state index contributed by atoms with van der Waals surface area (Å²) in [5.74, 6) is 1.54. The van der Waals surface area contributed by atoms with Gasteiger partial charge >= 0.3 is 6.03 Å². The second-order valence-corrected chi connectivity index (χ2v) is 7.37. The summed E-state index contributed by atoms with van der Waals surface area (Å²) < 4.78 is 5.87. The van der Waals surface area contributed by atoms with Crippen molar-refractivity contribution < 1.29 is 14.0 Å². The van der Waals surface area contributed by atoms with Gasteiger partial charge in [0.25, 0.3) is 0 Å². The van der Waals surface area contributed by atoms with Crippen LogP contribution in [0.25, 0.3) is 0 Å². The Morgan fingerprint density at radius 2 is 2.08 bits per heavy atom. The van der Waals surface area contributed by atoms with Gasteiger partial charge in [-0.15, -0.1) is 0 Å². The van der Waals surface area contributed by atoms with Crippen LogP contribution in [0, 0.1) is 5.41 Å². The molecule has 0 bridgehead atoms. The van der Waals surface area contributed by atoms with Crippen molar-refractivity contribution in [2.24, 2.45) is 5.41 Å². The minimum Gasteiger partial charge on any atom is -0.464 e. The third-order valence-electron chi connectivity index (χ3n) is 4.51. The molecular weight excluding hydrogens is 306 g/mol. The van der Waals surface area contributed by atoms with E-state index in [0.717, 1.165) is 24.4 Å². The quantitative estimate of drug-likeness (QED) is 0.888. The Hall–Kier alpha value is -1.98. The first-order chi connectivity index (χ1) is 11.3. The van der Waals surface area contributed by atoms with Gasteiger partial charge in [0.05, 0.1) is 6.04 Å². The molecule has 2 N–H and O–H groups in total. The lowest BCUT2D eigenvalue weighted by Crippen LogP contribution is -2.51. The van der Waals surface area contributed by atoms with Crippen molar-refractivity contribution in [3.8, 4) is 0 Å². The van der Waals surface area contributed by atoms with Gasteiger partial charge in [0, 0.05) is 20.0 Å². The standard InChI is InChI=1S/C18H29N3O3/c1-6-12-9-10-14(24-12)15(18(2,3)4)20-17(23)21-11-7-8-13(21)16(22)19-5/h9-10,13,15H,6-8,11H2,1-5H3,(H,19,22)(H,20,23). The molecule has 3 amide bonds. The third kappa shape index (κ3) is 3.91. The highest BCUT2D eigenvalue weighted by molar-refractivity contribution is 5.87. The first-order valence-corrected chi connectivity index (χ1v) is 8.65. The largest absolute Gasteiger partial charge is 0.464 e. The maximum Gasteiger partial charge on any atom is 0.318 e. The molecule has 0 aromatic carbocycles. The molecule has 0 radical (unpaired) electrons. The van der Waals surface area contributed by atoms with Crippen LogP contribution in [0.1, 0.15) is 58.1 Å². The molecule has 1 aromatic rings. The second-order valence-electron chi connectivity index (χ2n) is 7.37. The van der Waals surface area contributed by atoms with E-state index in [9.17, 15) is 9.59 Å². The number of carbonyl (C=O) groups excluding carboxylic acids is 2. The summed E-state index contributed by atoms with van der Waals surface area (Å²) in [5.41, 5.74) is -0.208. The van der Waals surface area contributed by atoms with E-state index in [-0.39, 0.29) is 23.4 Å². The van der Waals surface area contributed by atoms with E-state index in [2.05, 4.69) is 31.4 Å². The number of urea groups is 1. The van der Waals surface area contributed by atoms with Crippen LogP contribution in [0.4, 0.5) is 4.79 Å². The summed E-state index contributed by atoms with van der Waals surface area (Å²) in [6, 6.07) is 3.02. The van der Waals surface area contributed by atoms with E-state index in [1.165, 1.54) is 0 Å². The number of likely N-dealkylation sites (N-methyl/N-ethyl adjacent to an activating group) is 1. The fourth-order valence-corrected chi connectivity index (χ4v) is 3.11. The van der Waals surface area contributed by atoms with Crippen LogP contribution in [0.15, 0.2) is 16.5 Å². The van der Waals surface area contributed by atoms with Crippen LogP contribution in [0.5, 0.6) is 0 Å². The number of carbonyl (C=O) groups is 2. The smallest absolute Gasteiger partial charge is 0.318 e. The van der Waals surface area contributed by atoms with E-state index in [1.807, 2.05) is 19.1 Å². The zero-order valence-corrected chi connectivity index (χ0v) is 15.3. The lowest BCUT2D eigenvalue weighted by molar-refractivity contribution is -0.124. The molecule has 6 heteroatoms. The van der Waals surface area contributed by atoms with Gasteiger partial charge in [-0.25, -0.2) is 4.79 Å². The molecule has 134 valence electrons. The minimum absolute atomic E-state index is 0.110. The average molecular weight is 335 g/mol. The molecule has 0 spiro atoms. The molecule has 0 aliphatic carbocycles. The Balaban J connectivity index is 2.17. The Morgan fingerprint density at radius 3 is 2.62 bits per heavy atom. The van der Waals surface area contributed by atoms with Crippen LogP contribution in [0.2, 0.25) is 0 Å². The Bertz CT molecular complexity index is 589. The van der Waals surface area contributed by atoms with Crippen molar-refractivity contribution in [1.29, 1.82) is 0 Å². The molecule has 2 unspecified atom stereocenters. The highest BCUT2D eigenvalue weighted by atomic mass is 16.3. The van der Waals surface area contributed by atoms with Crippen LogP contribution in [0.3, 0.4) is 0 Å². The van der Waals surface area contributed by atoms with Crippen molar-refractivity contribution in [1.82, 2.24) is 15.5 Å². The van der Waals surface area contributed by atoms with E-state index in [4.69, 9.17) is 4.42 Å². The van der Waals surface area contributed by atoms with Crippen molar-refractivity contribution >= 4 is 11.9 Å². The van der Waals surface area contributed by atoms with E-state index in [0.29, 0.717) is 13.0 Å². The Morgan fingerprint density at radius 1 is 1.38 bits per heavy atom. The number of hydrogen-bond acceptors (Lipinski definition) is 3. The predicted molar refractivity (Wildman–Crippen MR) is 92.6 cm³/mol. The van der Waals surface area contributed by atoms with Crippen molar-refractivity contribution in [2.45, 2.75) is 59.0 Å². The van der Waals surface area contributed by atoms with Crippen LogP contribution in [-0.2, 0) is 11.2 Å². The van der Waals surface area contributed by atoms with E-state index in [1.54, 1.807) is 11.9 Å². The zero-order valence-electron chi connectivity index (χ0n) is 15.3. The van der Waals surface area contributed by atoms with Crippen molar-refractivity contribution in [3.63, 3.8) is 0 Å². The molecule has 0 saturated carbocycles. The molecule has 24 heavy (non-hydrogen) atoms. The number of rotatable bonds is 4. The van der Waals surface area contributed by atoms with Gasteiger partial charge in [-0.2, -0.15) is 0 Å². The summed E-state index contributed by atoms with van der Waals surface area (Å²) >= 11 is 0. The maximum atomic E-state index is 12.8. The number of hydrogen-bond donors (Lipinski definition) is 2. The van der Waals surface area contributed by atoms with Crippen LogP contribution >= 0.6 is 0 Å². The zero-order chi connectivity index (χ0) is 17.9. The molecule has 1 saturated heterocycles. The lowest BCUT2D eigenvalue weighted by Gasteiger charge is -2.33.